The highest BCUT2D eigenvalue weighted by molar-refractivity contribution is 6.30. The number of aryl methyl sites for hydroxylation is 1. The molecule has 0 fully saturated rings. The minimum absolute atomic E-state index is 0.102. The van der Waals surface area contributed by atoms with Crippen molar-refractivity contribution in [2.75, 3.05) is 5.32 Å². The zero-order chi connectivity index (χ0) is 20.5. The Balaban J connectivity index is 1.91. The van der Waals surface area contributed by atoms with E-state index in [9.17, 15) is 23.2 Å². The molecule has 1 N–H and O–H groups in total. The van der Waals surface area contributed by atoms with Crippen LogP contribution in [0.25, 0.3) is 11.3 Å². The largest absolute Gasteiger partial charge is 0.435 e. The van der Waals surface area contributed by atoms with Crippen LogP contribution >= 0.6 is 11.6 Å². The summed E-state index contributed by atoms with van der Waals surface area (Å²) in [6.07, 6.45) is -4.59. The van der Waals surface area contributed by atoms with Crippen LogP contribution in [0.1, 0.15) is 21.6 Å². The zero-order valence-corrected chi connectivity index (χ0v) is 15.1. The average Bonchev–Trinajstić information content (AvgIpc) is 3.04. The molecule has 0 aliphatic heterocycles. The van der Waals surface area contributed by atoms with Gasteiger partial charge in [-0.2, -0.15) is 23.5 Å². The van der Waals surface area contributed by atoms with Gasteiger partial charge in [0.15, 0.2) is 5.69 Å². The van der Waals surface area contributed by atoms with Crippen LogP contribution < -0.4 is 5.32 Å². The monoisotopic (exact) mass is 404 g/mol. The molecule has 0 bridgehead atoms. The van der Waals surface area contributed by atoms with Crippen LogP contribution in [0.2, 0.25) is 5.02 Å². The van der Waals surface area contributed by atoms with Crippen molar-refractivity contribution in [3.05, 3.63) is 70.4 Å². The molecule has 2 aromatic carbocycles. The molecule has 0 saturated carbocycles. The van der Waals surface area contributed by atoms with Gasteiger partial charge < -0.3 is 5.32 Å². The minimum Gasteiger partial charge on any atom is -0.322 e. The SMILES string of the molecule is Cn1nc(C(F)(F)F)cc1-c1ccc(NC(=O)c2ccc(Cl)cc2)cc1C#N. The van der Waals surface area contributed by atoms with Crippen LogP contribution in [0.5, 0.6) is 0 Å². The molecule has 0 radical (unpaired) electrons. The van der Waals surface area contributed by atoms with Crippen LogP contribution in [0.3, 0.4) is 0 Å². The Labute approximate surface area is 163 Å². The van der Waals surface area contributed by atoms with Crippen molar-refractivity contribution in [3.63, 3.8) is 0 Å². The van der Waals surface area contributed by atoms with Gasteiger partial charge in [0.05, 0.1) is 17.3 Å². The van der Waals surface area contributed by atoms with E-state index in [2.05, 4.69) is 10.4 Å². The third-order valence-corrected chi connectivity index (χ3v) is 4.20. The molecule has 0 unspecified atom stereocenters. The van der Waals surface area contributed by atoms with Gasteiger partial charge in [-0.3, -0.25) is 9.48 Å². The second-order valence-electron chi connectivity index (χ2n) is 5.87. The van der Waals surface area contributed by atoms with Gasteiger partial charge in [-0.25, -0.2) is 0 Å². The summed E-state index contributed by atoms with van der Waals surface area (Å²) in [7, 11) is 1.36. The predicted molar refractivity (Wildman–Crippen MR) is 97.8 cm³/mol. The van der Waals surface area contributed by atoms with Crippen molar-refractivity contribution >= 4 is 23.2 Å². The van der Waals surface area contributed by atoms with Crippen LogP contribution in [-0.2, 0) is 13.2 Å². The first-order valence-corrected chi connectivity index (χ1v) is 8.29. The number of nitrogens with one attached hydrogen (secondary N) is 1. The van der Waals surface area contributed by atoms with Crippen molar-refractivity contribution in [1.82, 2.24) is 9.78 Å². The molecular formula is C19H12ClF3N4O. The number of hydrogen-bond acceptors (Lipinski definition) is 3. The lowest BCUT2D eigenvalue weighted by molar-refractivity contribution is -0.141. The predicted octanol–water partition coefficient (Wildman–Crippen LogP) is 4.88. The molecule has 0 aliphatic carbocycles. The van der Waals surface area contributed by atoms with Gasteiger partial charge >= 0.3 is 6.18 Å². The maximum Gasteiger partial charge on any atom is 0.435 e. The Morgan fingerprint density at radius 2 is 1.86 bits per heavy atom. The molecule has 0 spiro atoms. The number of alkyl halides is 3. The van der Waals surface area contributed by atoms with Gasteiger partial charge in [0.1, 0.15) is 0 Å². The Bertz CT molecular complexity index is 1080. The normalized spacial score (nSPS) is 11.1. The van der Waals surface area contributed by atoms with Crippen LogP contribution in [0.4, 0.5) is 18.9 Å². The standard InChI is InChI=1S/C19H12ClF3N4O/c1-27-16(9-17(26-27)19(21,22)23)15-7-6-14(8-12(15)10-24)25-18(28)11-2-4-13(20)5-3-11/h2-9H,1H3,(H,25,28). The number of aromatic nitrogens is 2. The molecule has 142 valence electrons. The van der Waals surface area contributed by atoms with Crippen molar-refractivity contribution in [2.24, 2.45) is 7.05 Å². The van der Waals surface area contributed by atoms with Gasteiger partial charge in [-0.15, -0.1) is 0 Å². The summed E-state index contributed by atoms with van der Waals surface area (Å²) >= 11 is 5.79. The summed E-state index contributed by atoms with van der Waals surface area (Å²) in [5.74, 6) is -0.409. The summed E-state index contributed by atoms with van der Waals surface area (Å²) in [6.45, 7) is 0. The Kier molecular flexibility index (Phi) is 5.12. The number of halogens is 4. The number of carbonyl (C=O) groups is 1. The van der Waals surface area contributed by atoms with Gasteiger partial charge in [-0.1, -0.05) is 11.6 Å². The van der Waals surface area contributed by atoms with E-state index in [0.717, 1.165) is 10.7 Å². The number of nitriles is 1. The molecular weight excluding hydrogens is 393 g/mol. The minimum atomic E-state index is -4.59. The smallest absolute Gasteiger partial charge is 0.322 e. The first-order valence-electron chi connectivity index (χ1n) is 7.91. The number of carbonyl (C=O) groups excluding carboxylic acids is 1. The van der Waals surface area contributed by atoms with E-state index in [-0.39, 0.29) is 16.8 Å². The first kappa shape index (κ1) is 19.5. The van der Waals surface area contributed by atoms with E-state index >= 15 is 0 Å². The average molecular weight is 405 g/mol. The summed E-state index contributed by atoms with van der Waals surface area (Å²) < 4.78 is 39.7. The number of nitrogens with zero attached hydrogens (tertiary/aromatic N) is 3. The Morgan fingerprint density at radius 3 is 2.43 bits per heavy atom. The van der Waals surface area contributed by atoms with Gasteiger partial charge in [0.25, 0.3) is 5.91 Å². The molecule has 0 saturated heterocycles. The van der Waals surface area contributed by atoms with E-state index < -0.39 is 17.8 Å². The molecule has 1 amide bonds. The number of anilines is 1. The van der Waals surface area contributed by atoms with Crippen molar-refractivity contribution in [2.45, 2.75) is 6.18 Å². The zero-order valence-electron chi connectivity index (χ0n) is 14.4. The fourth-order valence-corrected chi connectivity index (χ4v) is 2.73. The molecule has 0 aliphatic rings. The topological polar surface area (TPSA) is 70.7 Å². The summed E-state index contributed by atoms with van der Waals surface area (Å²) in [6, 6.07) is 13.4. The van der Waals surface area contributed by atoms with E-state index in [1.165, 1.54) is 25.2 Å². The molecule has 3 rings (SSSR count). The van der Waals surface area contributed by atoms with Gasteiger partial charge in [0.2, 0.25) is 0 Å². The fraction of sp³-hybridized carbons (Fsp3) is 0.105. The Hall–Kier alpha value is -3.31. The molecule has 3 aromatic rings. The molecule has 1 heterocycles. The van der Waals surface area contributed by atoms with Crippen molar-refractivity contribution < 1.29 is 18.0 Å². The third-order valence-electron chi connectivity index (χ3n) is 3.95. The highest BCUT2D eigenvalue weighted by Crippen LogP contribution is 2.33. The molecule has 1 aromatic heterocycles. The van der Waals surface area contributed by atoms with Crippen molar-refractivity contribution in [1.29, 1.82) is 5.26 Å². The van der Waals surface area contributed by atoms with E-state index in [0.29, 0.717) is 16.3 Å². The lowest BCUT2D eigenvalue weighted by atomic mass is 10.0. The van der Waals surface area contributed by atoms with E-state index in [1.807, 2.05) is 6.07 Å². The van der Waals surface area contributed by atoms with E-state index in [4.69, 9.17) is 11.6 Å². The third kappa shape index (κ3) is 4.00. The van der Waals surface area contributed by atoms with Crippen LogP contribution in [-0.4, -0.2) is 15.7 Å². The highest BCUT2D eigenvalue weighted by Gasteiger charge is 2.34. The number of rotatable bonds is 3. The number of hydrogen-bond donors (Lipinski definition) is 1. The van der Waals surface area contributed by atoms with E-state index in [1.54, 1.807) is 24.3 Å². The first-order chi connectivity index (χ1) is 13.2. The van der Waals surface area contributed by atoms with Crippen LogP contribution in [0.15, 0.2) is 48.5 Å². The van der Waals surface area contributed by atoms with Crippen molar-refractivity contribution in [3.8, 4) is 17.3 Å². The maximum absolute atomic E-state index is 12.9. The summed E-state index contributed by atoms with van der Waals surface area (Å²) in [4.78, 5) is 12.3. The molecule has 0 atom stereocenters. The van der Waals surface area contributed by atoms with Gasteiger partial charge in [0, 0.05) is 28.9 Å². The molecule has 5 nitrogen and oxygen atoms in total. The van der Waals surface area contributed by atoms with Gasteiger partial charge in [-0.05, 0) is 48.5 Å². The van der Waals surface area contributed by atoms with Crippen LogP contribution in [0, 0.1) is 11.3 Å². The lowest BCUT2D eigenvalue weighted by Crippen LogP contribution is -2.11. The quantitative estimate of drug-likeness (QED) is 0.676. The molecule has 9 heteroatoms. The fourth-order valence-electron chi connectivity index (χ4n) is 2.60. The lowest BCUT2D eigenvalue weighted by Gasteiger charge is -2.09. The summed E-state index contributed by atoms with van der Waals surface area (Å²) in [5, 5.41) is 16.0. The second kappa shape index (κ2) is 7.37. The number of amides is 1. The Morgan fingerprint density at radius 1 is 1.18 bits per heavy atom. The summed E-state index contributed by atoms with van der Waals surface area (Å²) in [5.41, 5.74) is 0.170. The second-order valence-corrected chi connectivity index (χ2v) is 6.31. The highest BCUT2D eigenvalue weighted by atomic mass is 35.5. The number of benzene rings is 2. The molecule has 28 heavy (non-hydrogen) atoms. The maximum atomic E-state index is 12.9.